The van der Waals surface area contributed by atoms with Crippen molar-refractivity contribution in [2.75, 3.05) is 33.9 Å². The van der Waals surface area contributed by atoms with Gasteiger partial charge in [0.25, 0.3) is 0 Å². The van der Waals surface area contributed by atoms with Gasteiger partial charge in [-0.05, 0) is 50.6 Å². The van der Waals surface area contributed by atoms with Crippen LogP contribution in [-0.4, -0.2) is 43.9 Å². The van der Waals surface area contributed by atoms with Crippen LogP contribution in [0.2, 0.25) is 0 Å². The molecule has 102 valence electrons. The maximum atomic E-state index is 13.5. The van der Waals surface area contributed by atoms with Crippen LogP contribution in [0.15, 0.2) is 18.2 Å². The Kier molecular flexibility index (Phi) is 6.68. The van der Waals surface area contributed by atoms with Gasteiger partial charge >= 0.3 is 0 Å². The van der Waals surface area contributed by atoms with Gasteiger partial charge < -0.3 is 14.7 Å². The Hall–Kier alpha value is -1.13. The van der Waals surface area contributed by atoms with E-state index >= 15 is 0 Å². The van der Waals surface area contributed by atoms with Crippen molar-refractivity contribution < 1.29 is 14.2 Å². The molecule has 1 aromatic carbocycles. The topological polar surface area (TPSA) is 32.7 Å². The van der Waals surface area contributed by atoms with Crippen LogP contribution in [0.3, 0.4) is 0 Å². The predicted molar refractivity (Wildman–Crippen MR) is 70.5 cm³/mol. The summed E-state index contributed by atoms with van der Waals surface area (Å²) in [6.07, 6.45) is 2.64. The molecule has 0 fully saturated rings. The molecule has 0 unspecified atom stereocenters. The molecule has 18 heavy (non-hydrogen) atoms. The fourth-order valence-corrected chi connectivity index (χ4v) is 1.79. The first kappa shape index (κ1) is 14.9. The van der Waals surface area contributed by atoms with E-state index in [4.69, 9.17) is 9.84 Å². The van der Waals surface area contributed by atoms with Crippen molar-refractivity contribution in [2.24, 2.45) is 0 Å². The lowest BCUT2D eigenvalue weighted by atomic mass is 10.1. The van der Waals surface area contributed by atoms with Crippen LogP contribution in [0.5, 0.6) is 5.75 Å². The highest BCUT2D eigenvalue weighted by Crippen LogP contribution is 2.17. The maximum absolute atomic E-state index is 13.5. The SMILES string of the molecule is COc1ccc(CCN(C)CCCCO)cc1F. The minimum absolute atomic E-state index is 0.248. The summed E-state index contributed by atoms with van der Waals surface area (Å²) >= 11 is 0. The summed E-state index contributed by atoms with van der Waals surface area (Å²) in [6, 6.07) is 5.08. The number of methoxy groups -OCH3 is 1. The van der Waals surface area contributed by atoms with E-state index in [9.17, 15) is 4.39 Å². The predicted octanol–water partition coefficient (Wildman–Crippen LogP) is 2.08. The van der Waals surface area contributed by atoms with Crippen molar-refractivity contribution in [2.45, 2.75) is 19.3 Å². The van der Waals surface area contributed by atoms with E-state index in [1.807, 2.05) is 13.1 Å². The Bertz CT molecular complexity index is 358. The molecule has 0 aromatic heterocycles. The van der Waals surface area contributed by atoms with Gasteiger partial charge in [-0.25, -0.2) is 4.39 Å². The molecule has 0 radical (unpaired) electrons. The number of halogens is 1. The second kappa shape index (κ2) is 8.06. The summed E-state index contributed by atoms with van der Waals surface area (Å²) in [4.78, 5) is 2.19. The van der Waals surface area contributed by atoms with Crippen LogP contribution < -0.4 is 4.74 Å². The molecular formula is C14H22FNO2. The molecule has 1 N–H and O–H groups in total. The Balaban J connectivity index is 2.36. The van der Waals surface area contributed by atoms with Crippen molar-refractivity contribution in [1.82, 2.24) is 4.90 Å². The van der Waals surface area contributed by atoms with E-state index in [0.29, 0.717) is 0 Å². The third-order valence-corrected chi connectivity index (χ3v) is 2.95. The number of unbranched alkanes of at least 4 members (excludes halogenated alkanes) is 1. The zero-order valence-electron chi connectivity index (χ0n) is 11.2. The number of benzene rings is 1. The van der Waals surface area contributed by atoms with E-state index in [2.05, 4.69) is 4.90 Å². The van der Waals surface area contributed by atoms with Gasteiger partial charge in [0.05, 0.1) is 7.11 Å². The minimum atomic E-state index is -0.307. The fraction of sp³-hybridized carbons (Fsp3) is 0.571. The average molecular weight is 255 g/mol. The molecule has 0 amide bonds. The molecule has 1 rings (SSSR count). The first-order chi connectivity index (χ1) is 8.67. The smallest absolute Gasteiger partial charge is 0.165 e. The molecule has 0 atom stereocenters. The van der Waals surface area contributed by atoms with E-state index in [0.717, 1.165) is 37.9 Å². The molecule has 0 aliphatic heterocycles. The Morgan fingerprint density at radius 1 is 1.28 bits per heavy atom. The summed E-state index contributed by atoms with van der Waals surface area (Å²) in [5.41, 5.74) is 0.974. The number of hydrogen-bond donors (Lipinski definition) is 1. The average Bonchev–Trinajstić information content (AvgIpc) is 2.37. The van der Waals surface area contributed by atoms with Gasteiger partial charge in [0.2, 0.25) is 0 Å². The molecule has 0 heterocycles. The van der Waals surface area contributed by atoms with Crippen LogP contribution in [0.4, 0.5) is 4.39 Å². The van der Waals surface area contributed by atoms with E-state index < -0.39 is 0 Å². The van der Waals surface area contributed by atoms with Crippen molar-refractivity contribution in [3.63, 3.8) is 0 Å². The lowest BCUT2D eigenvalue weighted by molar-refractivity contribution is 0.264. The van der Waals surface area contributed by atoms with Crippen molar-refractivity contribution in [1.29, 1.82) is 0 Å². The molecule has 0 aliphatic rings. The number of hydrogen-bond acceptors (Lipinski definition) is 3. The largest absolute Gasteiger partial charge is 0.494 e. The van der Waals surface area contributed by atoms with E-state index in [1.54, 1.807) is 6.07 Å². The van der Waals surface area contributed by atoms with Crippen molar-refractivity contribution in [3.05, 3.63) is 29.6 Å². The first-order valence-electron chi connectivity index (χ1n) is 6.29. The lowest BCUT2D eigenvalue weighted by Crippen LogP contribution is -2.22. The Morgan fingerprint density at radius 3 is 2.67 bits per heavy atom. The third-order valence-electron chi connectivity index (χ3n) is 2.95. The first-order valence-corrected chi connectivity index (χ1v) is 6.29. The second-order valence-corrected chi connectivity index (χ2v) is 4.45. The van der Waals surface area contributed by atoms with Gasteiger partial charge in [0.15, 0.2) is 11.6 Å². The van der Waals surface area contributed by atoms with Gasteiger partial charge in [0, 0.05) is 13.2 Å². The number of rotatable bonds is 8. The monoisotopic (exact) mass is 255 g/mol. The quantitative estimate of drug-likeness (QED) is 0.722. The summed E-state index contributed by atoms with van der Waals surface area (Å²) in [5, 5.41) is 8.69. The molecule has 0 saturated heterocycles. The highest BCUT2D eigenvalue weighted by Gasteiger charge is 2.04. The number of aliphatic hydroxyl groups excluding tert-OH is 1. The summed E-state index contributed by atoms with van der Waals surface area (Å²) in [6.45, 7) is 2.09. The van der Waals surface area contributed by atoms with Crippen LogP contribution in [0, 0.1) is 5.82 Å². The van der Waals surface area contributed by atoms with Crippen LogP contribution in [-0.2, 0) is 6.42 Å². The lowest BCUT2D eigenvalue weighted by Gasteiger charge is -2.16. The van der Waals surface area contributed by atoms with Gasteiger partial charge in [-0.1, -0.05) is 6.07 Å². The van der Waals surface area contributed by atoms with Gasteiger partial charge in [-0.15, -0.1) is 0 Å². The molecule has 0 saturated carbocycles. The zero-order valence-corrected chi connectivity index (χ0v) is 11.2. The second-order valence-electron chi connectivity index (χ2n) is 4.45. The fourth-order valence-electron chi connectivity index (χ4n) is 1.79. The molecule has 0 spiro atoms. The minimum Gasteiger partial charge on any atom is -0.494 e. The van der Waals surface area contributed by atoms with Gasteiger partial charge in [0.1, 0.15) is 0 Å². The van der Waals surface area contributed by atoms with Crippen LogP contribution >= 0.6 is 0 Å². The highest BCUT2D eigenvalue weighted by molar-refractivity contribution is 5.29. The van der Waals surface area contributed by atoms with Gasteiger partial charge in [-0.2, -0.15) is 0 Å². The molecule has 4 heteroatoms. The number of nitrogens with zero attached hydrogens (tertiary/aromatic N) is 1. The number of likely N-dealkylation sites (N-methyl/N-ethyl adjacent to an activating group) is 1. The molecule has 1 aromatic rings. The maximum Gasteiger partial charge on any atom is 0.165 e. The number of ether oxygens (including phenoxy) is 1. The zero-order chi connectivity index (χ0) is 13.4. The van der Waals surface area contributed by atoms with Crippen LogP contribution in [0.1, 0.15) is 18.4 Å². The summed E-state index contributed by atoms with van der Waals surface area (Å²) in [7, 11) is 3.50. The molecule has 0 aliphatic carbocycles. The Labute approximate surface area is 108 Å². The molecule has 3 nitrogen and oxygen atoms in total. The summed E-state index contributed by atoms with van der Waals surface area (Å²) in [5.74, 6) is -0.0204. The summed E-state index contributed by atoms with van der Waals surface area (Å²) < 4.78 is 18.3. The normalized spacial score (nSPS) is 10.9. The van der Waals surface area contributed by atoms with Gasteiger partial charge in [-0.3, -0.25) is 0 Å². The standard InChI is InChI=1S/C14H22FNO2/c1-16(8-3-4-10-17)9-7-12-5-6-14(18-2)13(15)11-12/h5-6,11,17H,3-4,7-10H2,1-2H3. The molecule has 0 bridgehead atoms. The number of aliphatic hydroxyl groups is 1. The van der Waals surface area contributed by atoms with Crippen LogP contribution in [0.25, 0.3) is 0 Å². The Morgan fingerprint density at radius 2 is 2.06 bits per heavy atom. The van der Waals surface area contributed by atoms with Crippen molar-refractivity contribution >= 4 is 0 Å². The van der Waals surface area contributed by atoms with E-state index in [1.165, 1.54) is 13.2 Å². The van der Waals surface area contributed by atoms with E-state index in [-0.39, 0.29) is 18.2 Å². The highest BCUT2D eigenvalue weighted by atomic mass is 19.1. The molecular weight excluding hydrogens is 233 g/mol. The van der Waals surface area contributed by atoms with Crippen molar-refractivity contribution in [3.8, 4) is 5.75 Å². The third kappa shape index (κ3) is 5.02.